The third-order valence-corrected chi connectivity index (χ3v) is 3.88. The summed E-state index contributed by atoms with van der Waals surface area (Å²) in [5.74, 6) is -0.756. The molecule has 1 amide bonds. The third kappa shape index (κ3) is 6.19. The standard InChI is InChI=1S/C13H20FN3O3S/c1-9(2)17-21(19,20)16-7-6-15-13(18)11-4-5-12(14)10(3)8-11/h4-5,8-9,16-17H,6-7H2,1-3H3,(H,15,18). The minimum atomic E-state index is -3.56. The molecule has 1 rings (SSSR count). The molecule has 3 N–H and O–H groups in total. The molecular weight excluding hydrogens is 297 g/mol. The van der Waals surface area contributed by atoms with Crippen LogP contribution in [0.1, 0.15) is 29.8 Å². The number of carbonyl (C=O) groups excluding carboxylic acids is 1. The average Bonchev–Trinajstić information content (AvgIpc) is 2.36. The van der Waals surface area contributed by atoms with Crippen LogP contribution >= 0.6 is 0 Å². The molecule has 0 unspecified atom stereocenters. The molecule has 0 fully saturated rings. The highest BCUT2D eigenvalue weighted by Crippen LogP contribution is 2.08. The highest BCUT2D eigenvalue weighted by Gasteiger charge is 2.11. The zero-order valence-corrected chi connectivity index (χ0v) is 13.1. The number of amides is 1. The van der Waals surface area contributed by atoms with Crippen molar-refractivity contribution in [2.75, 3.05) is 13.1 Å². The first-order valence-electron chi connectivity index (χ1n) is 6.52. The summed E-state index contributed by atoms with van der Waals surface area (Å²) in [6, 6.07) is 3.83. The number of carbonyl (C=O) groups is 1. The summed E-state index contributed by atoms with van der Waals surface area (Å²) in [6.45, 7) is 5.18. The first kappa shape index (κ1) is 17.5. The molecule has 8 heteroatoms. The fourth-order valence-electron chi connectivity index (χ4n) is 1.60. The van der Waals surface area contributed by atoms with Gasteiger partial charge in [0.1, 0.15) is 5.82 Å². The molecule has 0 atom stereocenters. The van der Waals surface area contributed by atoms with Gasteiger partial charge in [0, 0.05) is 24.7 Å². The van der Waals surface area contributed by atoms with Crippen LogP contribution in [-0.4, -0.2) is 33.5 Å². The molecule has 0 aliphatic rings. The van der Waals surface area contributed by atoms with Gasteiger partial charge in [0.05, 0.1) is 0 Å². The smallest absolute Gasteiger partial charge is 0.277 e. The summed E-state index contributed by atoms with van der Waals surface area (Å²) >= 11 is 0. The Bertz CT molecular complexity index is 603. The first-order chi connectivity index (χ1) is 9.71. The Morgan fingerprint density at radius 3 is 2.52 bits per heavy atom. The van der Waals surface area contributed by atoms with Crippen molar-refractivity contribution in [2.45, 2.75) is 26.8 Å². The highest BCUT2D eigenvalue weighted by molar-refractivity contribution is 7.87. The number of hydrogen-bond acceptors (Lipinski definition) is 3. The Hall–Kier alpha value is -1.51. The molecule has 0 aliphatic heterocycles. The Morgan fingerprint density at radius 1 is 1.29 bits per heavy atom. The zero-order chi connectivity index (χ0) is 16.0. The van der Waals surface area contributed by atoms with E-state index in [4.69, 9.17) is 0 Å². The number of nitrogens with one attached hydrogen (secondary N) is 3. The van der Waals surface area contributed by atoms with Crippen molar-refractivity contribution in [3.8, 4) is 0 Å². The van der Waals surface area contributed by atoms with E-state index in [2.05, 4.69) is 14.8 Å². The molecule has 0 radical (unpaired) electrons. The fourth-order valence-corrected chi connectivity index (χ4v) is 2.68. The van der Waals surface area contributed by atoms with E-state index >= 15 is 0 Å². The van der Waals surface area contributed by atoms with Crippen LogP contribution in [0, 0.1) is 12.7 Å². The number of halogens is 1. The van der Waals surface area contributed by atoms with Crippen LogP contribution < -0.4 is 14.8 Å². The molecule has 0 saturated carbocycles. The van der Waals surface area contributed by atoms with E-state index in [0.29, 0.717) is 11.1 Å². The van der Waals surface area contributed by atoms with E-state index in [-0.39, 0.29) is 30.9 Å². The van der Waals surface area contributed by atoms with Crippen molar-refractivity contribution in [2.24, 2.45) is 0 Å². The number of rotatable bonds is 7. The number of benzene rings is 1. The Labute approximate surface area is 124 Å². The summed E-state index contributed by atoms with van der Waals surface area (Å²) < 4.78 is 40.7. The van der Waals surface area contributed by atoms with Crippen molar-refractivity contribution < 1.29 is 17.6 Å². The predicted octanol–water partition coefficient (Wildman–Crippen LogP) is 0.696. The maximum Gasteiger partial charge on any atom is 0.277 e. The Kier molecular flexibility index (Phi) is 6.25. The van der Waals surface area contributed by atoms with Gasteiger partial charge in [0.15, 0.2) is 0 Å². The van der Waals surface area contributed by atoms with Crippen LogP contribution in [-0.2, 0) is 10.2 Å². The average molecular weight is 317 g/mol. The van der Waals surface area contributed by atoms with Crippen molar-refractivity contribution in [3.63, 3.8) is 0 Å². The minimum Gasteiger partial charge on any atom is -0.351 e. The molecule has 1 aromatic carbocycles. The lowest BCUT2D eigenvalue weighted by atomic mass is 10.1. The van der Waals surface area contributed by atoms with E-state index in [0.717, 1.165) is 0 Å². The molecule has 0 bridgehead atoms. The SMILES string of the molecule is Cc1cc(C(=O)NCCNS(=O)(=O)NC(C)C)ccc1F. The Balaban J connectivity index is 2.42. The molecule has 0 aromatic heterocycles. The lowest BCUT2D eigenvalue weighted by Gasteiger charge is -2.11. The van der Waals surface area contributed by atoms with Crippen LogP contribution in [0.3, 0.4) is 0 Å². The summed E-state index contributed by atoms with van der Waals surface area (Å²) in [5.41, 5.74) is 0.710. The molecule has 0 spiro atoms. The summed E-state index contributed by atoms with van der Waals surface area (Å²) in [4.78, 5) is 11.8. The van der Waals surface area contributed by atoms with E-state index in [9.17, 15) is 17.6 Å². The second kappa shape index (κ2) is 7.48. The van der Waals surface area contributed by atoms with Gasteiger partial charge in [-0.3, -0.25) is 4.79 Å². The topological polar surface area (TPSA) is 87.3 Å². The predicted molar refractivity (Wildman–Crippen MR) is 78.7 cm³/mol. The van der Waals surface area contributed by atoms with E-state index in [1.807, 2.05) is 0 Å². The highest BCUT2D eigenvalue weighted by atomic mass is 32.2. The summed E-state index contributed by atoms with van der Waals surface area (Å²) in [7, 11) is -3.56. The van der Waals surface area contributed by atoms with Crippen molar-refractivity contribution in [3.05, 3.63) is 35.1 Å². The van der Waals surface area contributed by atoms with Crippen LogP contribution in [0.2, 0.25) is 0 Å². The normalized spacial score (nSPS) is 11.7. The molecule has 118 valence electrons. The van der Waals surface area contributed by atoms with Gasteiger partial charge in [-0.05, 0) is 44.5 Å². The maximum atomic E-state index is 13.1. The van der Waals surface area contributed by atoms with Crippen LogP contribution in [0.15, 0.2) is 18.2 Å². The van der Waals surface area contributed by atoms with Gasteiger partial charge in [-0.1, -0.05) is 0 Å². The lowest BCUT2D eigenvalue weighted by molar-refractivity contribution is 0.0954. The molecule has 0 aliphatic carbocycles. The van der Waals surface area contributed by atoms with Crippen LogP contribution in [0.25, 0.3) is 0 Å². The van der Waals surface area contributed by atoms with Crippen molar-refractivity contribution in [1.82, 2.24) is 14.8 Å². The van der Waals surface area contributed by atoms with Crippen LogP contribution in [0.4, 0.5) is 4.39 Å². The Morgan fingerprint density at radius 2 is 1.95 bits per heavy atom. The molecule has 21 heavy (non-hydrogen) atoms. The van der Waals surface area contributed by atoms with E-state index in [1.54, 1.807) is 20.8 Å². The second-order valence-corrected chi connectivity index (χ2v) is 6.42. The summed E-state index contributed by atoms with van der Waals surface area (Å²) in [6.07, 6.45) is 0. The van der Waals surface area contributed by atoms with Gasteiger partial charge < -0.3 is 5.32 Å². The molecule has 0 saturated heterocycles. The van der Waals surface area contributed by atoms with Crippen molar-refractivity contribution in [1.29, 1.82) is 0 Å². The van der Waals surface area contributed by atoms with Gasteiger partial charge in [-0.2, -0.15) is 13.1 Å². The summed E-state index contributed by atoms with van der Waals surface area (Å²) in [5, 5.41) is 2.56. The zero-order valence-electron chi connectivity index (χ0n) is 12.2. The number of hydrogen-bond donors (Lipinski definition) is 3. The molecule has 1 aromatic rings. The number of aryl methyl sites for hydroxylation is 1. The van der Waals surface area contributed by atoms with Gasteiger partial charge in [0.2, 0.25) is 0 Å². The van der Waals surface area contributed by atoms with Crippen LogP contribution in [0.5, 0.6) is 0 Å². The lowest BCUT2D eigenvalue weighted by Crippen LogP contribution is -2.43. The largest absolute Gasteiger partial charge is 0.351 e. The fraction of sp³-hybridized carbons (Fsp3) is 0.462. The molecular formula is C13H20FN3O3S. The van der Waals surface area contributed by atoms with Gasteiger partial charge in [-0.25, -0.2) is 9.11 Å². The second-order valence-electron chi connectivity index (χ2n) is 4.89. The third-order valence-electron chi connectivity index (χ3n) is 2.51. The molecule has 6 nitrogen and oxygen atoms in total. The van der Waals surface area contributed by atoms with Gasteiger partial charge >= 0.3 is 0 Å². The monoisotopic (exact) mass is 317 g/mol. The molecule has 0 heterocycles. The maximum absolute atomic E-state index is 13.1. The quantitative estimate of drug-likeness (QED) is 0.647. The first-order valence-corrected chi connectivity index (χ1v) is 8.01. The van der Waals surface area contributed by atoms with Gasteiger partial charge in [0.25, 0.3) is 16.1 Å². The van der Waals surface area contributed by atoms with Gasteiger partial charge in [-0.15, -0.1) is 0 Å². The minimum absolute atomic E-state index is 0.0635. The van der Waals surface area contributed by atoms with E-state index < -0.39 is 10.2 Å². The van der Waals surface area contributed by atoms with Crippen molar-refractivity contribution >= 4 is 16.1 Å². The van der Waals surface area contributed by atoms with E-state index in [1.165, 1.54) is 18.2 Å².